The summed E-state index contributed by atoms with van der Waals surface area (Å²) < 4.78 is 6.39. The van der Waals surface area contributed by atoms with Crippen LogP contribution in [0.1, 0.15) is 11.3 Å². The van der Waals surface area contributed by atoms with Crippen LogP contribution in [-0.2, 0) is 29.5 Å². The van der Waals surface area contributed by atoms with Crippen LogP contribution >= 0.6 is 11.3 Å². The number of aromatic nitrogens is 3. The van der Waals surface area contributed by atoms with Crippen LogP contribution in [0, 0.1) is 0 Å². The normalized spacial score (nSPS) is 10.5. The lowest BCUT2D eigenvalue weighted by molar-refractivity contribution is -0.139. The van der Waals surface area contributed by atoms with Gasteiger partial charge in [0.1, 0.15) is 0 Å². The van der Waals surface area contributed by atoms with Gasteiger partial charge in [-0.25, -0.2) is 4.98 Å². The van der Waals surface area contributed by atoms with Crippen molar-refractivity contribution in [2.45, 2.75) is 13.0 Å². The number of esters is 1. The molecule has 7 heteroatoms. The average molecular weight is 280 g/mol. The highest BCUT2D eigenvalue weighted by atomic mass is 32.1. The largest absolute Gasteiger partial charge is 0.469 e. The molecule has 0 aliphatic rings. The molecule has 0 aliphatic carbocycles. The Morgan fingerprint density at radius 3 is 3.00 bits per heavy atom. The van der Waals surface area contributed by atoms with E-state index in [1.807, 2.05) is 36.8 Å². The molecule has 0 saturated carbocycles. The van der Waals surface area contributed by atoms with Gasteiger partial charge in [0, 0.05) is 37.8 Å². The molecular formula is C12H16N4O2S. The maximum Gasteiger partial charge on any atom is 0.311 e. The molecule has 0 aliphatic heterocycles. The van der Waals surface area contributed by atoms with Gasteiger partial charge < -0.3 is 9.64 Å². The third kappa shape index (κ3) is 3.54. The summed E-state index contributed by atoms with van der Waals surface area (Å²) in [5, 5.41) is 6.89. The number of rotatable bonds is 5. The first-order chi connectivity index (χ1) is 9.08. The van der Waals surface area contributed by atoms with E-state index in [2.05, 4.69) is 14.8 Å². The summed E-state index contributed by atoms with van der Waals surface area (Å²) in [7, 11) is 5.24. The number of anilines is 1. The highest BCUT2D eigenvalue weighted by Crippen LogP contribution is 2.21. The van der Waals surface area contributed by atoms with Gasteiger partial charge in [0.25, 0.3) is 0 Å². The molecular weight excluding hydrogens is 264 g/mol. The smallest absolute Gasteiger partial charge is 0.311 e. The zero-order chi connectivity index (χ0) is 13.8. The van der Waals surface area contributed by atoms with Crippen molar-refractivity contribution in [3.63, 3.8) is 0 Å². The Kier molecular flexibility index (Phi) is 4.16. The molecule has 0 N–H and O–H groups in total. The summed E-state index contributed by atoms with van der Waals surface area (Å²) in [5.74, 6) is -0.272. The first-order valence-electron chi connectivity index (χ1n) is 5.78. The van der Waals surface area contributed by atoms with Crippen LogP contribution in [0.5, 0.6) is 0 Å². The van der Waals surface area contributed by atoms with E-state index >= 15 is 0 Å². The summed E-state index contributed by atoms with van der Waals surface area (Å²) in [6, 6.07) is 0. The molecule has 19 heavy (non-hydrogen) atoms. The van der Waals surface area contributed by atoms with Gasteiger partial charge in [0.15, 0.2) is 5.13 Å². The fraction of sp³-hybridized carbons (Fsp3) is 0.417. The Morgan fingerprint density at radius 1 is 1.58 bits per heavy atom. The predicted molar refractivity (Wildman–Crippen MR) is 73.1 cm³/mol. The molecule has 6 nitrogen and oxygen atoms in total. The predicted octanol–water partition coefficient (Wildman–Crippen LogP) is 1.23. The lowest BCUT2D eigenvalue weighted by atomic mass is 10.3. The number of nitrogens with zero attached hydrogens (tertiary/aromatic N) is 4. The third-order valence-corrected chi connectivity index (χ3v) is 3.60. The van der Waals surface area contributed by atoms with E-state index in [0.29, 0.717) is 0 Å². The lowest BCUT2D eigenvalue weighted by Gasteiger charge is -2.13. The molecule has 2 aromatic rings. The van der Waals surface area contributed by atoms with Gasteiger partial charge in [-0.2, -0.15) is 5.10 Å². The van der Waals surface area contributed by atoms with Crippen LogP contribution in [0.15, 0.2) is 17.8 Å². The van der Waals surface area contributed by atoms with E-state index in [1.54, 1.807) is 4.68 Å². The van der Waals surface area contributed by atoms with E-state index in [4.69, 9.17) is 0 Å². The van der Waals surface area contributed by atoms with Gasteiger partial charge in [0.05, 0.1) is 25.4 Å². The van der Waals surface area contributed by atoms with Crippen LogP contribution < -0.4 is 4.90 Å². The van der Waals surface area contributed by atoms with E-state index in [0.717, 1.165) is 22.9 Å². The molecule has 0 amide bonds. The maximum absolute atomic E-state index is 11.2. The molecule has 2 aromatic heterocycles. The summed E-state index contributed by atoms with van der Waals surface area (Å²) in [6.07, 6.45) is 4.02. The molecule has 0 atom stereocenters. The Morgan fingerprint density at radius 2 is 2.37 bits per heavy atom. The fourth-order valence-electron chi connectivity index (χ4n) is 1.67. The minimum absolute atomic E-state index is 0.216. The number of methoxy groups -OCH3 is 1. The van der Waals surface area contributed by atoms with Gasteiger partial charge >= 0.3 is 5.97 Å². The topological polar surface area (TPSA) is 60.2 Å². The Bertz CT molecular complexity index is 564. The third-order valence-electron chi connectivity index (χ3n) is 2.60. The second kappa shape index (κ2) is 5.83. The Labute approximate surface area is 115 Å². The average Bonchev–Trinajstić information content (AvgIpc) is 2.98. The Hall–Kier alpha value is -1.89. The molecule has 0 fully saturated rings. The molecule has 2 rings (SSSR count). The highest BCUT2D eigenvalue weighted by Gasteiger charge is 2.11. The van der Waals surface area contributed by atoms with E-state index in [-0.39, 0.29) is 12.4 Å². The first-order valence-corrected chi connectivity index (χ1v) is 6.66. The van der Waals surface area contributed by atoms with E-state index in [9.17, 15) is 4.79 Å². The Balaban J connectivity index is 1.99. The van der Waals surface area contributed by atoms with Crippen molar-refractivity contribution in [3.05, 3.63) is 29.0 Å². The molecule has 0 radical (unpaired) electrons. The van der Waals surface area contributed by atoms with Crippen LogP contribution in [0.3, 0.4) is 0 Å². The van der Waals surface area contributed by atoms with Crippen molar-refractivity contribution in [1.82, 2.24) is 14.8 Å². The monoisotopic (exact) mass is 280 g/mol. The minimum Gasteiger partial charge on any atom is -0.469 e. The van der Waals surface area contributed by atoms with Crippen LogP contribution in [0.4, 0.5) is 5.13 Å². The number of ether oxygens (including phenoxy) is 1. The molecule has 0 unspecified atom stereocenters. The number of carbonyl (C=O) groups is 1. The zero-order valence-electron chi connectivity index (χ0n) is 11.2. The summed E-state index contributed by atoms with van der Waals surface area (Å²) in [5.41, 5.74) is 1.86. The fourth-order valence-corrected chi connectivity index (χ4v) is 2.46. The van der Waals surface area contributed by atoms with Gasteiger partial charge in [-0.3, -0.25) is 9.48 Å². The molecule has 0 bridgehead atoms. The van der Waals surface area contributed by atoms with Crippen molar-refractivity contribution in [2.24, 2.45) is 7.05 Å². The summed E-state index contributed by atoms with van der Waals surface area (Å²) >= 11 is 1.52. The second-order valence-electron chi connectivity index (χ2n) is 4.25. The lowest BCUT2D eigenvalue weighted by Crippen LogP contribution is -2.16. The van der Waals surface area contributed by atoms with Gasteiger partial charge in [0.2, 0.25) is 0 Å². The van der Waals surface area contributed by atoms with E-state index < -0.39 is 0 Å². The SMILES string of the molecule is COC(=O)Cc1csc(N(C)Cc2cnn(C)c2)n1. The van der Waals surface area contributed by atoms with Crippen molar-refractivity contribution < 1.29 is 9.53 Å². The summed E-state index contributed by atoms with van der Waals surface area (Å²) in [4.78, 5) is 17.6. The van der Waals surface area contributed by atoms with Crippen LogP contribution in [0.25, 0.3) is 0 Å². The highest BCUT2D eigenvalue weighted by molar-refractivity contribution is 7.13. The first kappa shape index (κ1) is 13.5. The molecule has 2 heterocycles. The molecule has 0 aromatic carbocycles. The van der Waals surface area contributed by atoms with Crippen LogP contribution in [-0.4, -0.2) is 34.9 Å². The number of hydrogen-bond donors (Lipinski definition) is 0. The summed E-state index contributed by atoms with van der Waals surface area (Å²) in [6.45, 7) is 0.735. The minimum atomic E-state index is -0.272. The van der Waals surface area contributed by atoms with Gasteiger partial charge in [-0.05, 0) is 0 Å². The molecule has 0 spiro atoms. The number of carbonyl (C=O) groups excluding carboxylic acids is 1. The van der Waals surface area contributed by atoms with Gasteiger partial charge in [-0.1, -0.05) is 0 Å². The zero-order valence-corrected chi connectivity index (χ0v) is 12.0. The van der Waals surface area contributed by atoms with Crippen molar-refractivity contribution in [3.8, 4) is 0 Å². The van der Waals surface area contributed by atoms with E-state index in [1.165, 1.54) is 18.4 Å². The standard InChI is InChI=1S/C12H16N4O2S/c1-15(6-9-5-13-16(2)7-9)12-14-10(8-19-12)4-11(17)18-3/h5,7-8H,4,6H2,1-3H3. The van der Waals surface area contributed by atoms with Crippen molar-refractivity contribution in [1.29, 1.82) is 0 Å². The van der Waals surface area contributed by atoms with Crippen molar-refractivity contribution >= 4 is 22.4 Å². The van der Waals surface area contributed by atoms with Crippen molar-refractivity contribution in [2.75, 3.05) is 19.1 Å². The van der Waals surface area contributed by atoms with Gasteiger partial charge in [-0.15, -0.1) is 11.3 Å². The number of hydrogen-bond acceptors (Lipinski definition) is 6. The maximum atomic E-state index is 11.2. The molecule has 102 valence electrons. The van der Waals surface area contributed by atoms with Crippen LogP contribution in [0.2, 0.25) is 0 Å². The number of aryl methyl sites for hydroxylation is 1. The second-order valence-corrected chi connectivity index (χ2v) is 5.09. The quantitative estimate of drug-likeness (QED) is 0.771. The number of thiazole rings is 1. The molecule has 0 saturated heterocycles.